The summed E-state index contributed by atoms with van der Waals surface area (Å²) in [6, 6.07) is 6.03. The number of nitrogens with two attached hydrogens (primary N) is 1. The highest BCUT2D eigenvalue weighted by atomic mass is 32.2. The molecule has 0 spiro atoms. The Morgan fingerprint density at radius 1 is 1.32 bits per heavy atom. The van der Waals surface area contributed by atoms with Crippen molar-refractivity contribution in [2.75, 3.05) is 11.9 Å². The first kappa shape index (κ1) is 14.0. The monoisotopic (exact) mass is 284 g/mol. The van der Waals surface area contributed by atoms with Gasteiger partial charge < -0.3 is 10.1 Å². The van der Waals surface area contributed by atoms with E-state index in [0.717, 1.165) is 12.8 Å². The third-order valence-corrected chi connectivity index (χ3v) is 3.89. The lowest BCUT2D eigenvalue weighted by Crippen LogP contribution is -2.33. The van der Waals surface area contributed by atoms with Crippen molar-refractivity contribution < 1.29 is 17.9 Å². The number of rotatable bonds is 3. The zero-order valence-corrected chi connectivity index (χ0v) is 11.2. The number of nitrogens with one attached hydrogen (secondary N) is 1. The van der Waals surface area contributed by atoms with E-state index in [1.807, 2.05) is 0 Å². The zero-order valence-electron chi connectivity index (χ0n) is 10.3. The van der Waals surface area contributed by atoms with Crippen molar-refractivity contribution >= 4 is 21.6 Å². The van der Waals surface area contributed by atoms with Gasteiger partial charge in [0, 0.05) is 6.61 Å². The number of benzene rings is 1. The minimum absolute atomic E-state index is 0.0980. The maximum absolute atomic E-state index is 12.0. The Hall–Kier alpha value is -1.44. The fourth-order valence-corrected chi connectivity index (χ4v) is 2.67. The fourth-order valence-electron chi connectivity index (χ4n) is 1.98. The molecule has 3 N–H and O–H groups in total. The molecular weight excluding hydrogens is 268 g/mol. The van der Waals surface area contributed by atoms with Crippen LogP contribution in [0.5, 0.6) is 0 Å². The van der Waals surface area contributed by atoms with E-state index in [1.54, 1.807) is 12.1 Å². The number of hydrogen-bond acceptors (Lipinski definition) is 4. The first-order valence-electron chi connectivity index (χ1n) is 6.03. The van der Waals surface area contributed by atoms with Crippen LogP contribution >= 0.6 is 0 Å². The second-order valence-corrected chi connectivity index (χ2v) is 5.92. The van der Waals surface area contributed by atoms with Crippen LogP contribution in [0.3, 0.4) is 0 Å². The Balaban J connectivity index is 2.17. The number of sulfonamides is 1. The van der Waals surface area contributed by atoms with Crippen molar-refractivity contribution in [3.8, 4) is 0 Å². The third kappa shape index (κ3) is 3.52. The van der Waals surface area contributed by atoms with E-state index < -0.39 is 16.1 Å². The molecule has 1 aliphatic rings. The standard InChI is InChI=1S/C12H16N2O4S/c13-19(16,17)11-7-2-1-5-9(11)14-12(15)10-6-3-4-8-18-10/h1-2,5,7,10H,3-4,6,8H2,(H,14,15)(H2,13,16,17). The van der Waals surface area contributed by atoms with Gasteiger partial charge in [-0.05, 0) is 31.4 Å². The average Bonchev–Trinajstić information content (AvgIpc) is 2.39. The topological polar surface area (TPSA) is 98.5 Å². The lowest BCUT2D eigenvalue weighted by Gasteiger charge is -2.22. The van der Waals surface area contributed by atoms with Gasteiger partial charge in [-0.15, -0.1) is 0 Å². The van der Waals surface area contributed by atoms with Crippen LogP contribution in [-0.4, -0.2) is 27.0 Å². The largest absolute Gasteiger partial charge is 0.368 e. The molecule has 0 aromatic heterocycles. The van der Waals surface area contributed by atoms with E-state index >= 15 is 0 Å². The van der Waals surface area contributed by atoms with Crippen LogP contribution in [0.2, 0.25) is 0 Å². The highest BCUT2D eigenvalue weighted by Gasteiger charge is 2.23. The van der Waals surface area contributed by atoms with Gasteiger partial charge in [-0.25, -0.2) is 13.6 Å². The molecule has 19 heavy (non-hydrogen) atoms. The molecule has 104 valence electrons. The van der Waals surface area contributed by atoms with E-state index in [4.69, 9.17) is 9.88 Å². The van der Waals surface area contributed by atoms with Crippen LogP contribution in [0.15, 0.2) is 29.2 Å². The van der Waals surface area contributed by atoms with Gasteiger partial charge in [0.05, 0.1) is 5.69 Å². The summed E-state index contributed by atoms with van der Waals surface area (Å²) in [5.74, 6) is -0.337. The molecule has 0 bridgehead atoms. The molecule has 1 aromatic carbocycles. The second kappa shape index (κ2) is 5.68. The maximum atomic E-state index is 12.0. The van der Waals surface area contributed by atoms with Gasteiger partial charge in [0.2, 0.25) is 10.0 Å². The average molecular weight is 284 g/mol. The number of carbonyl (C=O) groups excluding carboxylic acids is 1. The van der Waals surface area contributed by atoms with Gasteiger partial charge in [0.15, 0.2) is 0 Å². The Kier molecular flexibility index (Phi) is 4.18. The van der Waals surface area contributed by atoms with Gasteiger partial charge >= 0.3 is 0 Å². The fraction of sp³-hybridized carbons (Fsp3) is 0.417. The summed E-state index contributed by atoms with van der Waals surface area (Å²) >= 11 is 0. The van der Waals surface area contributed by atoms with Crippen LogP contribution in [0.25, 0.3) is 0 Å². The Morgan fingerprint density at radius 2 is 2.05 bits per heavy atom. The lowest BCUT2D eigenvalue weighted by atomic mass is 10.1. The van der Waals surface area contributed by atoms with Crippen molar-refractivity contribution in [3.05, 3.63) is 24.3 Å². The molecule has 1 atom stereocenters. The van der Waals surface area contributed by atoms with Crippen LogP contribution in [0.1, 0.15) is 19.3 Å². The van der Waals surface area contributed by atoms with Gasteiger partial charge in [0.25, 0.3) is 5.91 Å². The molecular formula is C12H16N2O4S. The summed E-state index contributed by atoms with van der Waals surface area (Å²) in [6.45, 7) is 0.551. The normalized spacial score (nSPS) is 19.9. The summed E-state index contributed by atoms with van der Waals surface area (Å²) in [6.07, 6.45) is 1.98. The number of ether oxygens (including phenoxy) is 1. The van der Waals surface area contributed by atoms with Gasteiger partial charge in [0.1, 0.15) is 11.0 Å². The van der Waals surface area contributed by atoms with Crippen molar-refractivity contribution in [3.63, 3.8) is 0 Å². The number of para-hydroxylation sites is 1. The Labute approximate surface area is 112 Å². The minimum Gasteiger partial charge on any atom is -0.368 e. The molecule has 0 radical (unpaired) electrons. The molecule has 1 aliphatic heterocycles. The molecule has 1 aromatic rings. The molecule has 2 rings (SSSR count). The summed E-state index contributed by atoms with van der Waals surface area (Å²) in [4.78, 5) is 11.9. The van der Waals surface area contributed by atoms with Crippen LogP contribution in [-0.2, 0) is 19.6 Å². The van der Waals surface area contributed by atoms with Crippen LogP contribution in [0, 0.1) is 0 Å². The molecule has 1 saturated heterocycles. The number of carbonyl (C=O) groups is 1. The van der Waals surface area contributed by atoms with E-state index in [0.29, 0.717) is 13.0 Å². The third-order valence-electron chi connectivity index (χ3n) is 2.92. The molecule has 1 unspecified atom stereocenters. The van der Waals surface area contributed by atoms with E-state index in [-0.39, 0.29) is 16.5 Å². The number of primary sulfonamides is 1. The van der Waals surface area contributed by atoms with E-state index in [1.165, 1.54) is 12.1 Å². The quantitative estimate of drug-likeness (QED) is 0.859. The van der Waals surface area contributed by atoms with Gasteiger partial charge in [-0.3, -0.25) is 4.79 Å². The van der Waals surface area contributed by atoms with Gasteiger partial charge in [-0.2, -0.15) is 0 Å². The number of anilines is 1. The summed E-state index contributed by atoms with van der Waals surface area (Å²) in [5.41, 5.74) is 0.184. The van der Waals surface area contributed by atoms with E-state index in [9.17, 15) is 13.2 Å². The van der Waals surface area contributed by atoms with Crippen molar-refractivity contribution in [2.45, 2.75) is 30.3 Å². The molecule has 1 heterocycles. The minimum atomic E-state index is -3.87. The second-order valence-electron chi connectivity index (χ2n) is 4.39. The maximum Gasteiger partial charge on any atom is 0.253 e. The first-order chi connectivity index (χ1) is 8.98. The van der Waals surface area contributed by atoms with Crippen molar-refractivity contribution in [2.24, 2.45) is 5.14 Å². The van der Waals surface area contributed by atoms with Crippen LogP contribution in [0.4, 0.5) is 5.69 Å². The van der Waals surface area contributed by atoms with E-state index in [2.05, 4.69) is 5.32 Å². The van der Waals surface area contributed by atoms with Gasteiger partial charge in [-0.1, -0.05) is 12.1 Å². The predicted octanol–water partition coefficient (Wildman–Crippen LogP) is 0.842. The smallest absolute Gasteiger partial charge is 0.253 e. The lowest BCUT2D eigenvalue weighted by molar-refractivity contribution is -0.129. The molecule has 0 aliphatic carbocycles. The van der Waals surface area contributed by atoms with Crippen LogP contribution < -0.4 is 10.5 Å². The number of hydrogen-bond donors (Lipinski definition) is 2. The first-order valence-corrected chi connectivity index (χ1v) is 7.57. The summed E-state index contributed by atoms with van der Waals surface area (Å²) in [5, 5.41) is 7.67. The molecule has 6 nitrogen and oxygen atoms in total. The highest BCUT2D eigenvalue weighted by molar-refractivity contribution is 7.89. The molecule has 1 amide bonds. The SMILES string of the molecule is NS(=O)(=O)c1ccccc1NC(=O)C1CCCCO1. The highest BCUT2D eigenvalue weighted by Crippen LogP contribution is 2.21. The summed E-state index contributed by atoms with van der Waals surface area (Å²) < 4.78 is 28.2. The predicted molar refractivity (Wildman–Crippen MR) is 70.0 cm³/mol. The Bertz CT molecular complexity index is 565. The zero-order chi connectivity index (χ0) is 13.9. The van der Waals surface area contributed by atoms with Crippen molar-refractivity contribution in [1.29, 1.82) is 0 Å². The molecule has 0 saturated carbocycles. The molecule has 1 fully saturated rings. The van der Waals surface area contributed by atoms with Crippen molar-refractivity contribution in [1.82, 2.24) is 0 Å². The Morgan fingerprint density at radius 3 is 2.68 bits per heavy atom. The summed E-state index contributed by atoms with van der Waals surface area (Å²) in [7, 11) is -3.87. The molecule has 7 heteroatoms. The number of amides is 1.